The molecule has 3 rings (SSSR count). The summed E-state index contributed by atoms with van der Waals surface area (Å²) >= 11 is 1.89. The number of unbranched alkanes of at least 4 members (excludes halogenated alkanes) is 5. The van der Waals surface area contributed by atoms with Crippen LogP contribution in [0.4, 0.5) is 4.79 Å². The van der Waals surface area contributed by atoms with Crippen molar-refractivity contribution in [2.24, 2.45) is 0 Å². The predicted molar refractivity (Wildman–Crippen MR) is 144 cm³/mol. The molecule has 0 radical (unpaired) electrons. The van der Waals surface area contributed by atoms with Gasteiger partial charge in [-0.1, -0.05) is 25.7 Å². The van der Waals surface area contributed by atoms with Crippen molar-refractivity contribution in [1.82, 2.24) is 26.3 Å². The van der Waals surface area contributed by atoms with Crippen LogP contribution < -0.4 is 50.8 Å². The van der Waals surface area contributed by atoms with Crippen LogP contribution in [0.5, 0.6) is 0 Å². The summed E-state index contributed by atoms with van der Waals surface area (Å²) in [4.78, 5) is 74.7. The topological polar surface area (TPSA) is 163 Å². The molecule has 0 aromatic rings. The van der Waals surface area contributed by atoms with E-state index in [1.807, 2.05) is 11.8 Å². The molecular weight excluding hydrogens is 549 g/mol. The van der Waals surface area contributed by atoms with E-state index in [0.717, 1.165) is 50.7 Å². The van der Waals surface area contributed by atoms with Crippen LogP contribution in [0.15, 0.2) is 0 Å². The molecule has 1 unspecified atom stereocenters. The molecule has 0 saturated carbocycles. The van der Waals surface area contributed by atoms with Gasteiger partial charge in [-0.2, -0.15) is 11.8 Å². The van der Waals surface area contributed by atoms with Gasteiger partial charge in [0, 0.05) is 43.4 Å². The van der Waals surface area contributed by atoms with Crippen LogP contribution in [0.3, 0.4) is 0 Å². The monoisotopic (exact) mass is 589 g/mol. The number of urea groups is 1. The Morgan fingerprint density at radius 3 is 2.12 bits per heavy atom. The second kappa shape index (κ2) is 18.5. The fourth-order valence-corrected chi connectivity index (χ4v) is 6.32. The molecule has 6 amide bonds. The van der Waals surface area contributed by atoms with Gasteiger partial charge in [0.05, 0.1) is 12.1 Å². The molecule has 0 aromatic carbocycles. The maximum absolute atomic E-state index is 12.0. The summed E-state index contributed by atoms with van der Waals surface area (Å²) in [5.41, 5.74) is 0. The average Bonchev–Trinajstić information content (AvgIpc) is 3.56. The van der Waals surface area contributed by atoms with E-state index in [-0.39, 0.29) is 72.3 Å². The van der Waals surface area contributed by atoms with Gasteiger partial charge in [0.25, 0.3) is 0 Å². The molecule has 0 aliphatic carbocycles. The molecule has 3 aliphatic rings. The number of hydrogen-bond donors (Lipinski definition) is 4. The maximum Gasteiger partial charge on any atom is 1.00 e. The van der Waals surface area contributed by atoms with Crippen LogP contribution in [0.2, 0.25) is 0 Å². The van der Waals surface area contributed by atoms with E-state index in [1.54, 1.807) is 0 Å². The molecule has 0 bridgehead atoms. The van der Waals surface area contributed by atoms with E-state index in [2.05, 4.69) is 21.3 Å². The summed E-state index contributed by atoms with van der Waals surface area (Å²) in [6, 6.07) is 0.378. The number of nitrogens with one attached hydrogen (secondary N) is 4. The Kier molecular flexibility index (Phi) is 15.8. The Labute approximate surface area is 261 Å². The van der Waals surface area contributed by atoms with Crippen molar-refractivity contribution >= 4 is 47.4 Å². The molecule has 3 heterocycles. The molecule has 3 atom stereocenters. The maximum atomic E-state index is 12.0. The molecule has 3 aliphatic heterocycles. The SMILES string of the molecule is O=C(CCCCCNC(=O)CCCCC1SC[C@@H]2NC(=O)N[C@H]12)NCCCCCC(=O)ON1C(=O)[CH-]CC1=O.[Na+]. The minimum atomic E-state index is -0.622. The average molecular weight is 590 g/mol. The summed E-state index contributed by atoms with van der Waals surface area (Å²) in [5.74, 6) is -0.778. The van der Waals surface area contributed by atoms with Crippen molar-refractivity contribution < 1.29 is 63.2 Å². The number of amides is 6. The normalized spacial score (nSPS) is 21.1. The van der Waals surface area contributed by atoms with E-state index >= 15 is 0 Å². The van der Waals surface area contributed by atoms with E-state index in [9.17, 15) is 28.8 Å². The number of nitrogens with zero attached hydrogens (tertiary/aromatic N) is 1. The summed E-state index contributed by atoms with van der Waals surface area (Å²) < 4.78 is 0. The van der Waals surface area contributed by atoms with Crippen LogP contribution in [-0.4, -0.2) is 76.9 Å². The third kappa shape index (κ3) is 11.9. The van der Waals surface area contributed by atoms with Crippen molar-refractivity contribution in [1.29, 1.82) is 0 Å². The summed E-state index contributed by atoms with van der Waals surface area (Å²) in [7, 11) is 0. The van der Waals surface area contributed by atoms with E-state index in [1.165, 1.54) is 6.42 Å². The second-order valence-corrected chi connectivity index (χ2v) is 11.4. The van der Waals surface area contributed by atoms with E-state index in [4.69, 9.17) is 4.84 Å². The molecule has 4 N–H and O–H groups in total. The number of imide groups is 1. The van der Waals surface area contributed by atoms with E-state index < -0.39 is 17.8 Å². The first-order valence-electron chi connectivity index (χ1n) is 14.0. The molecular formula is C26H40N5NaO7S. The molecule has 0 spiro atoms. The number of hydroxylamine groups is 2. The van der Waals surface area contributed by atoms with Gasteiger partial charge in [-0.25, -0.2) is 9.59 Å². The molecule has 14 heteroatoms. The smallest absolute Gasteiger partial charge is 0.356 e. The number of rotatable bonds is 18. The molecule has 3 fully saturated rings. The number of thioether (sulfide) groups is 1. The zero-order chi connectivity index (χ0) is 28.0. The van der Waals surface area contributed by atoms with Crippen LogP contribution in [0.1, 0.15) is 83.5 Å². The van der Waals surface area contributed by atoms with Gasteiger partial charge in [0.2, 0.25) is 17.7 Å². The number of carbonyl (C=O) groups is 6. The van der Waals surface area contributed by atoms with Gasteiger partial charge >= 0.3 is 41.6 Å². The minimum absolute atomic E-state index is 0. The van der Waals surface area contributed by atoms with Crippen molar-refractivity contribution in [2.75, 3.05) is 18.8 Å². The fraction of sp³-hybridized carbons (Fsp3) is 0.731. The minimum Gasteiger partial charge on any atom is -0.356 e. The Morgan fingerprint density at radius 2 is 1.50 bits per heavy atom. The first-order chi connectivity index (χ1) is 18.8. The predicted octanol–water partition coefficient (Wildman–Crippen LogP) is -1.51. The first-order valence-corrected chi connectivity index (χ1v) is 15.0. The summed E-state index contributed by atoms with van der Waals surface area (Å²) in [5, 5.41) is 12.7. The molecule has 0 aromatic heterocycles. The molecule has 3 saturated heterocycles. The van der Waals surface area contributed by atoms with Gasteiger partial charge in [-0.15, -0.1) is 5.06 Å². The van der Waals surface area contributed by atoms with Crippen LogP contribution >= 0.6 is 11.8 Å². The van der Waals surface area contributed by atoms with Crippen molar-refractivity contribution in [2.45, 2.75) is 101 Å². The van der Waals surface area contributed by atoms with Gasteiger partial charge in [-0.05, 0) is 38.5 Å². The largest absolute Gasteiger partial charge is 1.00 e. The zero-order valence-electron chi connectivity index (χ0n) is 23.3. The summed E-state index contributed by atoms with van der Waals surface area (Å²) in [6.45, 7) is 1.13. The standard InChI is InChI=1S/C26H40N5O7S.Na/c32-20(27-16-8-2-4-12-24(36)38-31-22(34)13-14-23(31)35)10-3-1-7-15-28-21(33)11-6-5-9-19-25-18(17-39-19)29-26(37)30-25;/h13,18-19,25H,1-12,14-17H2,(H,27,32)(H,28,33)(H2,29,30,37);/q-1;+1/t18-,19?,25-;/m0./s1. The van der Waals surface area contributed by atoms with E-state index in [0.29, 0.717) is 49.1 Å². The molecule has 12 nitrogen and oxygen atoms in total. The number of hydrogen-bond acceptors (Lipinski definition) is 8. The van der Waals surface area contributed by atoms with Crippen LogP contribution in [0.25, 0.3) is 0 Å². The Morgan fingerprint density at radius 1 is 0.875 bits per heavy atom. The van der Waals surface area contributed by atoms with Gasteiger partial charge in [0.1, 0.15) is 5.91 Å². The van der Waals surface area contributed by atoms with Crippen molar-refractivity contribution in [3.8, 4) is 0 Å². The molecule has 218 valence electrons. The molecule has 40 heavy (non-hydrogen) atoms. The van der Waals surface area contributed by atoms with Crippen molar-refractivity contribution in [3.63, 3.8) is 0 Å². The van der Waals surface area contributed by atoms with Crippen molar-refractivity contribution in [3.05, 3.63) is 6.42 Å². The van der Waals surface area contributed by atoms with Crippen LogP contribution in [0, 0.1) is 6.42 Å². The third-order valence-electron chi connectivity index (χ3n) is 6.93. The number of carbonyl (C=O) groups excluding carboxylic acids is 6. The Hall–Kier alpha value is -1.96. The summed E-state index contributed by atoms with van der Waals surface area (Å²) in [6.07, 6.45) is 9.38. The fourth-order valence-electron chi connectivity index (χ4n) is 4.77. The zero-order valence-corrected chi connectivity index (χ0v) is 26.2. The quantitative estimate of drug-likeness (QED) is 0.0493. The Bertz CT molecular complexity index is 893. The van der Waals surface area contributed by atoms with Crippen LogP contribution in [-0.2, 0) is 28.8 Å². The second-order valence-electron chi connectivity index (χ2n) is 10.1. The Balaban J connectivity index is 0.00000560. The third-order valence-corrected chi connectivity index (χ3v) is 8.44. The number of fused-ring (bicyclic) bond motifs is 1. The van der Waals surface area contributed by atoms with Gasteiger partial charge < -0.3 is 30.9 Å². The first kappa shape index (κ1) is 34.2. The van der Waals surface area contributed by atoms with Gasteiger partial charge in [-0.3, -0.25) is 20.8 Å². The van der Waals surface area contributed by atoms with Gasteiger partial charge in [0.15, 0.2) is 0 Å².